The normalized spacial score (nSPS) is 11.1. The number of hydrogen-bond donors (Lipinski definition) is 2. The van der Waals surface area contributed by atoms with Crippen LogP contribution in [0.3, 0.4) is 0 Å². The summed E-state index contributed by atoms with van der Waals surface area (Å²) in [5.74, 6) is 0.634. The fourth-order valence-corrected chi connectivity index (χ4v) is 2.83. The Morgan fingerprint density at radius 1 is 1.16 bits per heavy atom. The number of hydrogen-bond acceptors (Lipinski definition) is 5. The predicted molar refractivity (Wildman–Crippen MR) is 93.8 cm³/mol. The number of fused-ring (bicyclic) bond motifs is 1. The zero-order valence-corrected chi connectivity index (χ0v) is 13.6. The second-order valence-electron chi connectivity index (χ2n) is 5.56. The molecule has 0 atom stereocenters. The summed E-state index contributed by atoms with van der Waals surface area (Å²) in [5, 5.41) is 14.6. The average molecular weight is 354 g/mol. The van der Waals surface area contributed by atoms with Gasteiger partial charge >= 0.3 is 0 Å². The van der Waals surface area contributed by atoms with Crippen LogP contribution in [0, 0.1) is 0 Å². The molecule has 2 aromatic heterocycles. The summed E-state index contributed by atoms with van der Waals surface area (Å²) in [7, 11) is 0. The highest BCUT2D eigenvalue weighted by Gasteiger charge is 2.14. The monoisotopic (exact) mass is 353 g/mol. The van der Waals surface area contributed by atoms with E-state index >= 15 is 0 Å². The van der Waals surface area contributed by atoms with Crippen LogP contribution in [-0.4, -0.2) is 20.2 Å². The van der Waals surface area contributed by atoms with Crippen molar-refractivity contribution in [2.45, 2.75) is 6.42 Å². The third-order valence-corrected chi connectivity index (χ3v) is 4.19. The van der Waals surface area contributed by atoms with Crippen LogP contribution in [0.2, 0.25) is 5.02 Å². The molecule has 2 aromatic carbocycles. The first-order chi connectivity index (χ1) is 12.1. The number of halogens is 1. The molecule has 25 heavy (non-hydrogen) atoms. The Bertz CT molecular complexity index is 1130. The van der Waals surface area contributed by atoms with E-state index < -0.39 is 0 Å². The Morgan fingerprint density at radius 2 is 2.00 bits per heavy atom. The molecule has 4 rings (SSSR count). The number of aromatic hydroxyl groups is 1. The van der Waals surface area contributed by atoms with Crippen molar-refractivity contribution in [1.82, 2.24) is 15.1 Å². The number of phenols is 1. The smallest absolute Gasteiger partial charge is 0.259 e. The fraction of sp³-hybridized carbons (Fsp3) is 0.0556. The van der Waals surface area contributed by atoms with E-state index in [4.69, 9.17) is 16.1 Å². The van der Waals surface area contributed by atoms with Gasteiger partial charge in [-0.1, -0.05) is 41.0 Å². The lowest BCUT2D eigenvalue weighted by Gasteiger charge is -2.01. The van der Waals surface area contributed by atoms with Crippen molar-refractivity contribution in [1.29, 1.82) is 0 Å². The van der Waals surface area contributed by atoms with Crippen molar-refractivity contribution in [2.24, 2.45) is 0 Å². The maximum Gasteiger partial charge on any atom is 0.259 e. The first-order valence-electron chi connectivity index (χ1n) is 7.52. The largest absolute Gasteiger partial charge is 0.508 e. The molecule has 0 unspecified atom stereocenters. The van der Waals surface area contributed by atoms with Crippen molar-refractivity contribution >= 4 is 22.5 Å². The lowest BCUT2D eigenvalue weighted by molar-refractivity contribution is 0.385. The maximum atomic E-state index is 12.3. The van der Waals surface area contributed by atoms with Crippen LogP contribution in [0.25, 0.3) is 22.3 Å². The molecule has 6 nitrogen and oxygen atoms in total. The topological polar surface area (TPSA) is 92.0 Å². The molecule has 0 bridgehead atoms. The second kappa shape index (κ2) is 6.07. The first kappa shape index (κ1) is 15.4. The van der Waals surface area contributed by atoms with E-state index in [0.717, 1.165) is 16.5 Å². The Balaban J connectivity index is 1.69. The summed E-state index contributed by atoms with van der Waals surface area (Å²) in [5.41, 5.74) is 1.54. The second-order valence-corrected chi connectivity index (χ2v) is 5.97. The molecular formula is C18H12ClN3O3. The highest BCUT2D eigenvalue weighted by atomic mass is 35.5. The van der Waals surface area contributed by atoms with Gasteiger partial charge in [0.05, 0.1) is 12.0 Å². The predicted octanol–water partition coefficient (Wildman–Crippen LogP) is 3.53. The van der Waals surface area contributed by atoms with Crippen molar-refractivity contribution in [3.63, 3.8) is 0 Å². The van der Waals surface area contributed by atoms with E-state index in [9.17, 15) is 9.90 Å². The van der Waals surface area contributed by atoms with Crippen molar-refractivity contribution in [2.75, 3.05) is 0 Å². The number of pyridine rings is 1. The zero-order chi connectivity index (χ0) is 17.4. The lowest BCUT2D eigenvalue weighted by atomic mass is 10.1. The zero-order valence-electron chi connectivity index (χ0n) is 12.9. The van der Waals surface area contributed by atoms with E-state index in [2.05, 4.69) is 15.1 Å². The van der Waals surface area contributed by atoms with Gasteiger partial charge in [0.15, 0.2) is 0 Å². The van der Waals surface area contributed by atoms with Gasteiger partial charge in [-0.05, 0) is 35.2 Å². The number of rotatable bonds is 3. The van der Waals surface area contributed by atoms with Gasteiger partial charge in [0.1, 0.15) is 5.75 Å². The molecular weight excluding hydrogens is 342 g/mol. The number of aromatic nitrogens is 3. The van der Waals surface area contributed by atoms with Crippen molar-refractivity contribution < 1.29 is 9.63 Å². The quantitative estimate of drug-likeness (QED) is 0.588. The number of benzene rings is 2. The molecule has 0 spiro atoms. The van der Waals surface area contributed by atoms with Crippen molar-refractivity contribution in [3.05, 3.63) is 75.4 Å². The van der Waals surface area contributed by atoms with Gasteiger partial charge in [-0.15, -0.1) is 0 Å². The van der Waals surface area contributed by atoms with Crippen LogP contribution in [0.1, 0.15) is 11.5 Å². The summed E-state index contributed by atoms with van der Waals surface area (Å²) in [6.45, 7) is 0. The molecule has 7 heteroatoms. The Labute approximate surface area is 146 Å². The number of nitrogens with one attached hydrogen (secondary N) is 1. The fourth-order valence-electron chi connectivity index (χ4n) is 2.59. The first-order valence-corrected chi connectivity index (χ1v) is 7.90. The highest BCUT2D eigenvalue weighted by molar-refractivity contribution is 6.31. The Morgan fingerprint density at radius 3 is 2.84 bits per heavy atom. The molecule has 0 saturated heterocycles. The van der Waals surface area contributed by atoms with Crippen LogP contribution in [0.15, 0.2) is 57.8 Å². The van der Waals surface area contributed by atoms with E-state index in [1.165, 1.54) is 12.1 Å². The van der Waals surface area contributed by atoms with E-state index in [1.807, 2.05) is 24.3 Å². The summed E-state index contributed by atoms with van der Waals surface area (Å²) in [6.07, 6.45) is 0.303. The molecule has 0 fully saturated rings. The molecule has 0 saturated carbocycles. The number of aromatic amines is 1. The lowest BCUT2D eigenvalue weighted by Crippen LogP contribution is -2.09. The van der Waals surface area contributed by atoms with Crippen molar-refractivity contribution in [3.8, 4) is 17.1 Å². The van der Waals surface area contributed by atoms with E-state index in [-0.39, 0.29) is 17.1 Å². The molecule has 4 aromatic rings. The molecule has 0 aliphatic heterocycles. The molecule has 124 valence electrons. The minimum Gasteiger partial charge on any atom is -0.508 e. The van der Waals surface area contributed by atoms with Crippen LogP contribution in [0.5, 0.6) is 5.75 Å². The van der Waals surface area contributed by atoms with E-state index in [0.29, 0.717) is 22.9 Å². The SMILES string of the molecule is O=c1[nH]c2ccccc2cc1-c1noc(Cc2ccc(O)cc2Cl)n1. The maximum absolute atomic E-state index is 12.3. The van der Waals surface area contributed by atoms with Gasteiger partial charge in [0, 0.05) is 10.5 Å². The Hall–Kier alpha value is -3.12. The van der Waals surface area contributed by atoms with Gasteiger partial charge in [-0.2, -0.15) is 4.98 Å². The molecule has 2 N–H and O–H groups in total. The highest BCUT2D eigenvalue weighted by Crippen LogP contribution is 2.24. The molecule has 0 radical (unpaired) electrons. The number of phenolic OH excluding ortho intramolecular Hbond substituents is 1. The van der Waals surface area contributed by atoms with E-state index in [1.54, 1.807) is 12.1 Å². The number of para-hydroxylation sites is 1. The summed E-state index contributed by atoms with van der Waals surface area (Å²) >= 11 is 6.09. The van der Waals surface area contributed by atoms with Gasteiger partial charge in [-0.3, -0.25) is 4.79 Å². The number of nitrogens with zero attached hydrogens (tertiary/aromatic N) is 2. The van der Waals surface area contributed by atoms with Gasteiger partial charge in [-0.25, -0.2) is 0 Å². The number of H-pyrrole nitrogens is 1. The minimum absolute atomic E-state index is 0.0858. The summed E-state index contributed by atoms with van der Waals surface area (Å²) < 4.78 is 5.24. The Kier molecular flexibility index (Phi) is 3.74. The van der Waals surface area contributed by atoms with Gasteiger partial charge < -0.3 is 14.6 Å². The standard InChI is InChI=1S/C18H12ClN3O3/c19-14-9-12(23)6-5-10(14)8-16-21-17(22-25-16)13-7-11-3-1-2-4-15(11)20-18(13)24/h1-7,9,23H,8H2,(H,20,24). The minimum atomic E-state index is -0.284. The summed E-state index contributed by atoms with van der Waals surface area (Å²) in [4.78, 5) is 19.4. The van der Waals surface area contributed by atoms with Crippen LogP contribution in [0.4, 0.5) is 0 Å². The molecule has 0 amide bonds. The summed E-state index contributed by atoms with van der Waals surface area (Å²) in [6, 6.07) is 13.9. The third-order valence-electron chi connectivity index (χ3n) is 3.84. The molecule has 2 heterocycles. The molecule has 0 aliphatic carbocycles. The van der Waals surface area contributed by atoms with Crippen LogP contribution < -0.4 is 5.56 Å². The molecule has 0 aliphatic rings. The van der Waals surface area contributed by atoms with Crippen LogP contribution in [-0.2, 0) is 6.42 Å². The van der Waals surface area contributed by atoms with Gasteiger partial charge in [0.25, 0.3) is 5.56 Å². The third kappa shape index (κ3) is 2.99. The van der Waals surface area contributed by atoms with Gasteiger partial charge in [0.2, 0.25) is 11.7 Å². The van der Waals surface area contributed by atoms with Crippen LogP contribution >= 0.6 is 11.6 Å². The average Bonchev–Trinajstić information content (AvgIpc) is 3.05.